The molecule has 19 heavy (non-hydrogen) atoms. The average Bonchev–Trinajstić information content (AvgIpc) is 2.39. The van der Waals surface area contributed by atoms with Gasteiger partial charge in [0, 0.05) is 19.1 Å². The number of morpholine rings is 1. The smallest absolute Gasteiger partial charge is 0.308 e. The van der Waals surface area contributed by atoms with Gasteiger partial charge in [0.15, 0.2) is 0 Å². The van der Waals surface area contributed by atoms with Gasteiger partial charge in [-0.3, -0.25) is 4.79 Å². The second-order valence-corrected chi connectivity index (χ2v) is 6.67. The number of hydrogen-bond acceptors (Lipinski definition) is 4. The first-order valence-electron chi connectivity index (χ1n) is 6.58. The van der Waals surface area contributed by atoms with Gasteiger partial charge in [-0.15, -0.1) is 0 Å². The minimum atomic E-state index is -3.61. The second kappa shape index (κ2) is 6.17. The molecule has 0 spiro atoms. The zero-order valence-electron chi connectivity index (χ0n) is 10.7. The van der Waals surface area contributed by atoms with Crippen LogP contribution in [0.5, 0.6) is 0 Å². The summed E-state index contributed by atoms with van der Waals surface area (Å²) in [7, 11) is -3.61. The highest BCUT2D eigenvalue weighted by atomic mass is 32.2. The molecule has 0 radical (unpaired) electrons. The molecular weight excluding hydrogens is 272 g/mol. The Labute approximate surface area is 113 Å². The van der Waals surface area contributed by atoms with Crippen molar-refractivity contribution in [3.8, 4) is 0 Å². The normalized spacial score (nSPS) is 30.1. The number of ether oxygens (including phenoxy) is 1. The number of carboxylic acid groups (broad SMARTS) is 1. The second-order valence-electron chi connectivity index (χ2n) is 4.97. The third-order valence-electron chi connectivity index (χ3n) is 3.69. The SMILES string of the molecule is O=C(O)C1CCCCC1NS(=O)(=O)N1CCOCC1. The van der Waals surface area contributed by atoms with Crippen molar-refractivity contribution in [2.75, 3.05) is 26.3 Å². The van der Waals surface area contributed by atoms with E-state index >= 15 is 0 Å². The van der Waals surface area contributed by atoms with Crippen molar-refractivity contribution in [3.63, 3.8) is 0 Å². The molecular formula is C11H20N2O5S. The summed E-state index contributed by atoms with van der Waals surface area (Å²) in [6.45, 7) is 1.40. The lowest BCUT2D eigenvalue weighted by atomic mass is 9.85. The highest BCUT2D eigenvalue weighted by Gasteiger charge is 2.35. The number of carbonyl (C=O) groups is 1. The van der Waals surface area contributed by atoms with Gasteiger partial charge in [0.2, 0.25) is 0 Å². The predicted molar refractivity (Wildman–Crippen MR) is 67.8 cm³/mol. The Morgan fingerprint density at radius 2 is 1.84 bits per heavy atom. The van der Waals surface area contributed by atoms with Crippen LogP contribution in [-0.4, -0.2) is 56.1 Å². The first-order chi connectivity index (χ1) is 9.00. The molecule has 7 nitrogen and oxygen atoms in total. The fourth-order valence-corrected chi connectivity index (χ4v) is 4.06. The Hall–Kier alpha value is -0.700. The third-order valence-corrected chi connectivity index (χ3v) is 5.34. The van der Waals surface area contributed by atoms with Gasteiger partial charge in [0.1, 0.15) is 0 Å². The Balaban J connectivity index is 2.03. The van der Waals surface area contributed by atoms with E-state index in [1.54, 1.807) is 0 Å². The van der Waals surface area contributed by atoms with Crippen molar-refractivity contribution in [2.45, 2.75) is 31.7 Å². The molecule has 0 bridgehead atoms. The Kier molecular flexibility index (Phi) is 4.77. The van der Waals surface area contributed by atoms with Gasteiger partial charge in [-0.05, 0) is 12.8 Å². The van der Waals surface area contributed by atoms with Crippen molar-refractivity contribution in [1.82, 2.24) is 9.03 Å². The van der Waals surface area contributed by atoms with E-state index in [1.807, 2.05) is 0 Å². The predicted octanol–water partition coefficient (Wildman–Crippen LogP) is -0.204. The summed E-state index contributed by atoms with van der Waals surface area (Å²) in [6, 6.07) is -0.501. The number of hydrogen-bond donors (Lipinski definition) is 2. The molecule has 0 aromatic carbocycles. The lowest BCUT2D eigenvalue weighted by molar-refractivity contribution is -0.143. The third kappa shape index (κ3) is 3.65. The highest BCUT2D eigenvalue weighted by Crippen LogP contribution is 2.25. The topological polar surface area (TPSA) is 95.9 Å². The Bertz CT molecular complexity index is 419. The summed E-state index contributed by atoms with van der Waals surface area (Å²) in [5, 5.41) is 9.15. The molecule has 1 heterocycles. The van der Waals surface area contributed by atoms with Crippen LogP contribution in [0.1, 0.15) is 25.7 Å². The zero-order valence-corrected chi connectivity index (χ0v) is 11.6. The van der Waals surface area contributed by atoms with Crippen LogP contribution in [-0.2, 0) is 19.7 Å². The van der Waals surface area contributed by atoms with Gasteiger partial charge in [-0.2, -0.15) is 17.4 Å². The molecule has 2 rings (SSSR count). The summed E-state index contributed by atoms with van der Waals surface area (Å²) in [4.78, 5) is 11.2. The first-order valence-corrected chi connectivity index (χ1v) is 8.02. The summed E-state index contributed by atoms with van der Waals surface area (Å²) < 4.78 is 33.4. The summed E-state index contributed by atoms with van der Waals surface area (Å²) in [6.07, 6.45) is 2.82. The van der Waals surface area contributed by atoms with E-state index in [4.69, 9.17) is 9.84 Å². The number of rotatable bonds is 4. The van der Waals surface area contributed by atoms with E-state index in [-0.39, 0.29) is 0 Å². The maximum absolute atomic E-state index is 12.2. The Morgan fingerprint density at radius 1 is 1.21 bits per heavy atom. The molecule has 2 fully saturated rings. The summed E-state index contributed by atoms with van der Waals surface area (Å²) in [5.74, 6) is -1.54. The van der Waals surface area contributed by atoms with Crippen LogP contribution in [0.25, 0.3) is 0 Å². The molecule has 1 aliphatic heterocycles. The zero-order chi connectivity index (χ0) is 13.9. The van der Waals surface area contributed by atoms with Gasteiger partial charge < -0.3 is 9.84 Å². The van der Waals surface area contributed by atoms with Crippen molar-refractivity contribution < 1.29 is 23.1 Å². The average molecular weight is 292 g/mol. The molecule has 2 aliphatic rings. The largest absolute Gasteiger partial charge is 0.481 e. The lowest BCUT2D eigenvalue weighted by Crippen LogP contribution is -2.52. The molecule has 0 aromatic heterocycles. The van der Waals surface area contributed by atoms with E-state index in [0.29, 0.717) is 39.1 Å². The van der Waals surface area contributed by atoms with Crippen LogP contribution in [0.3, 0.4) is 0 Å². The molecule has 2 atom stereocenters. The molecule has 0 amide bonds. The molecule has 1 saturated heterocycles. The van der Waals surface area contributed by atoms with E-state index in [9.17, 15) is 13.2 Å². The van der Waals surface area contributed by atoms with Gasteiger partial charge >= 0.3 is 5.97 Å². The highest BCUT2D eigenvalue weighted by molar-refractivity contribution is 7.87. The van der Waals surface area contributed by atoms with Crippen molar-refractivity contribution in [3.05, 3.63) is 0 Å². The number of nitrogens with one attached hydrogen (secondary N) is 1. The summed E-state index contributed by atoms with van der Waals surface area (Å²) in [5.41, 5.74) is 0. The standard InChI is InChI=1S/C11H20N2O5S/c14-11(15)9-3-1-2-4-10(9)12-19(16,17)13-5-7-18-8-6-13/h9-10,12H,1-8H2,(H,14,15). The Morgan fingerprint density at radius 3 is 2.47 bits per heavy atom. The first kappa shape index (κ1) is 14.7. The molecule has 1 saturated carbocycles. The maximum atomic E-state index is 12.2. The van der Waals surface area contributed by atoms with Crippen LogP contribution in [0, 0.1) is 5.92 Å². The fourth-order valence-electron chi connectivity index (χ4n) is 2.62. The van der Waals surface area contributed by atoms with Crippen LogP contribution < -0.4 is 4.72 Å². The minimum Gasteiger partial charge on any atom is -0.481 e. The number of nitrogens with zero attached hydrogens (tertiary/aromatic N) is 1. The van der Waals surface area contributed by atoms with E-state index in [0.717, 1.165) is 12.8 Å². The molecule has 0 aromatic rings. The molecule has 2 N–H and O–H groups in total. The van der Waals surface area contributed by atoms with Crippen LogP contribution in [0.15, 0.2) is 0 Å². The summed E-state index contributed by atoms with van der Waals surface area (Å²) >= 11 is 0. The van der Waals surface area contributed by atoms with Crippen molar-refractivity contribution >= 4 is 16.2 Å². The van der Waals surface area contributed by atoms with Gasteiger partial charge in [0.05, 0.1) is 19.1 Å². The van der Waals surface area contributed by atoms with Crippen molar-refractivity contribution in [2.24, 2.45) is 5.92 Å². The van der Waals surface area contributed by atoms with Gasteiger partial charge in [-0.25, -0.2) is 0 Å². The lowest BCUT2D eigenvalue weighted by Gasteiger charge is -2.32. The van der Waals surface area contributed by atoms with Crippen molar-refractivity contribution in [1.29, 1.82) is 0 Å². The van der Waals surface area contributed by atoms with Crippen LogP contribution in [0.2, 0.25) is 0 Å². The molecule has 1 aliphatic carbocycles. The van der Waals surface area contributed by atoms with E-state index in [2.05, 4.69) is 4.72 Å². The van der Waals surface area contributed by atoms with Crippen LogP contribution >= 0.6 is 0 Å². The monoisotopic (exact) mass is 292 g/mol. The quantitative estimate of drug-likeness (QED) is 0.748. The van der Waals surface area contributed by atoms with Gasteiger partial charge in [-0.1, -0.05) is 12.8 Å². The molecule has 8 heteroatoms. The molecule has 2 unspecified atom stereocenters. The van der Waals surface area contributed by atoms with E-state index in [1.165, 1.54) is 4.31 Å². The van der Waals surface area contributed by atoms with Crippen LogP contribution in [0.4, 0.5) is 0 Å². The minimum absolute atomic E-state index is 0.319. The molecule has 110 valence electrons. The maximum Gasteiger partial charge on any atom is 0.308 e. The number of carboxylic acids is 1. The van der Waals surface area contributed by atoms with E-state index < -0.39 is 28.1 Å². The number of aliphatic carboxylic acids is 1. The fraction of sp³-hybridized carbons (Fsp3) is 0.909. The van der Waals surface area contributed by atoms with Gasteiger partial charge in [0.25, 0.3) is 10.2 Å².